The molecule has 1 unspecified atom stereocenters. The van der Waals surface area contributed by atoms with Crippen molar-refractivity contribution in [3.05, 3.63) is 29.8 Å². The van der Waals surface area contributed by atoms with Gasteiger partial charge in [-0.05, 0) is 37.8 Å². The molecule has 0 aliphatic heterocycles. The quantitative estimate of drug-likeness (QED) is 0.769. The molecule has 0 spiro atoms. The Balaban J connectivity index is 2.04. The van der Waals surface area contributed by atoms with Gasteiger partial charge in [-0.25, -0.2) is 4.79 Å². The zero-order valence-corrected chi connectivity index (χ0v) is 10.8. The molecule has 1 fully saturated rings. The molecule has 1 atom stereocenters. The van der Waals surface area contributed by atoms with Crippen LogP contribution in [-0.4, -0.2) is 29.7 Å². The number of aliphatic carboxylic acids is 1. The molecule has 0 amide bonds. The third-order valence-electron chi connectivity index (χ3n) is 3.16. The van der Waals surface area contributed by atoms with Crippen molar-refractivity contribution >= 4 is 17.6 Å². The number of nitrogens with one attached hydrogen (secondary N) is 1. The maximum Gasteiger partial charge on any atom is 0.340 e. The number of hydrogen-bond acceptors (Lipinski definition) is 4. The van der Waals surface area contributed by atoms with Gasteiger partial charge in [0.15, 0.2) is 0 Å². The Kier molecular flexibility index (Phi) is 4.04. The lowest BCUT2D eigenvalue weighted by molar-refractivity contribution is -0.134. The van der Waals surface area contributed by atoms with Crippen LogP contribution in [0, 0.1) is 5.92 Å². The Bertz CT molecular complexity index is 482. The van der Waals surface area contributed by atoms with Crippen LogP contribution in [0.5, 0.6) is 0 Å². The number of esters is 1. The van der Waals surface area contributed by atoms with Crippen molar-refractivity contribution in [3.63, 3.8) is 0 Å². The summed E-state index contributed by atoms with van der Waals surface area (Å²) in [5.41, 5.74) is 0.856. The van der Waals surface area contributed by atoms with E-state index in [0.717, 1.165) is 12.8 Å². The maximum absolute atomic E-state index is 12.0. The minimum Gasteiger partial charge on any atom is -0.480 e. The fraction of sp³-hybridized carbons (Fsp3) is 0.429. The number of para-hydroxylation sites is 1. The highest BCUT2D eigenvalue weighted by Crippen LogP contribution is 2.34. The molecule has 1 aromatic rings. The Morgan fingerprint density at radius 1 is 1.42 bits per heavy atom. The van der Waals surface area contributed by atoms with Gasteiger partial charge in [-0.15, -0.1) is 0 Å². The van der Waals surface area contributed by atoms with Crippen molar-refractivity contribution in [1.29, 1.82) is 0 Å². The minimum absolute atomic E-state index is 0.0833. The average molecular weight is 263 g/mol. The standard InChI is InChI=1S/C14H17NO4/c1-9(10-6-7-10)19-14(18)11-4-2-3-5-12(11)15-8-13(16)17/h2-5,9-10,15H,6-8H2,1H3,(H,16,17). The van der Waals surface area contributed by atoms with Crippen LogP contribution in [0.4, 0.5) is 5.69 Å². The van der Waals surface area contributed by atoms with Crippen LogP contribution in [0.2, 0.25) is 0 Å². The van der Waals surface area contributed by atoms with Gasteiger partial charge in [0.25, 0.3) is 0 Å². The lowest BCUT2D eigenvalue weighted by Crippen LogP contribution is -2.19. The summed E-state index contributed by atoms with van der Waals surface area (Å²) in [5.74, 6) is -0.912. The molecule has 1 aliphatic carbocycles. The van der Waals surface area contributed by atoms with Crippen LogP contribution in [0.1, 0.15) is 30.1 Å². The summed E-state index contributed by atoms with van der Waals surface area (Å²) in [6, 6.07) is 6.77. The normalized spacial score (nSPS) is 15.6. The van der Waals surface area contributed by atoms with Crippen LogP contribution in [-0.2, 0) is 9.53 Å². The van der Waals surface area contributed by atoms with E-state index in [2.05, 4.69) is 5.32 Å². The molecule has 5 nitrogen and oxygen atoms in total. The molecule has 0 aromatic heterocycles. The molecule has 1 saturated carbocycles. The number of rotatable bonds is 6. The van der Waals surface area contributed by atoms with Crippen molar-refractivity contribution in [2.45, 2.75) is 25.9 Å². The molecule has 0 bridgehead atoms. The van der Waals surface area contributed by atoms with E-state index in [1.807, 2.05) is 6.92 Å². The first-order valence-electron chi connectivity index (χ1n) is 6.33. The van der Waals surface area contributed by atoms with Crippen molar-refractivity contribution < 1.29 is 19.4 Å². The summed E-state index contributed by atoms with van der Waals surface area (Å²) in [4.78, 5) is 22.6. The van der Waals surface area contributed by atoms with Crippen LogP contribution in [0.15, 0.2) is 24.3 Å². The molecule has 0 saturated heterocycles. The molecule has 2 rings (SSSR count). The molecule has 0 heterocycles. The van der Waals surface area contributed by atoms with Gasteiger partial charge >= 0.3 is 11.9 Å². The van der Waals surface area contributed by atoms with Crippen molar-refractivity contribution in [3.8, 4) is 0 Å². The smallest absolute Gasteiger partial charge is 0.340 e. The first-order chi connectivity index (χ1) is 9.08. The first kappa shape index (κ1) is 13.4. The lowest BCUT2D eigenvalue weighted by atomic mass is 10.1. The zero-order chi connectivity index (χ0) is 13.8. The summed E-state index contributed by atoms with van der Waals surface area (Å²) in [6.07, 6.45) is 2.13. The Morgan fingerprint density at radius 2 is 2.11 bits per heavy atom. The lowest BCUT2D eigenvalue weighted by Gasteiger charge is -2.14. The molecule has 1 aromatic carbocycles. The van der Waals surface area contributed by atoms with E-state index < -0.39 is 11.9 Å². The van der Waals surface area contributed by atoms with Gasteiger partial charge in [0.1, 0.15) is 12.6 Å². The molecule has 5 heteroatoms. The average Bonchev–Trinajstić information content (AvgIpc) is 3.20. The predicted molar refractivity (Wildman–Crippen MR) is 70.2 cm³/mol. The van der Waals surface area contributed by atoms with Crippen LogP contribution in [0.25, 0.3) is 0 Å². The van der Waals surface area contributed by atoms with Crippen molar-refractivity contribution in [2.24, 2.45) is 5.92 Å². The van der Waals surface area contributed by atoms with Crippen molar-refractivity contribution in [2.75, 3.05) is 11.9 Å². The summed E-state index contributed by atoms with van der Waals surface area (Å²) in [5, 5.41) is 11.4. The highest BCUT2D eigenvalue weighted by atomic mass is 16.5. The van der Waals surface area contributed by atoms with E-state index in [1.54, 1.807) is 24.3 Å². The first-order valence-corrected chi connectivity index (χ1v) is 6.33. The Morgan fingerprint density at radius 3 is 2.74 bits per heavy atom. The molecule has 2 N–H and O–H groups in total. The molecule has 19 heavy (non-hydrogen) atoms. The van der Waals surface area contributed by atoms with Crippen LogP contribution in [0.3, 0.4) is 0 Å². The van der Waals surface area contributed by atoms with E-state index in [-0.39, 0.29) is 12.6 Å². The monoisotopic (exact) mass is 263 g/mol. The summed E-state index contributed by atoms with van der Waals surface area (Å²) in [7, 11) is 0. The largest absolute Gasteiger partial charge is 0.480 e. The third kappa shape index (κ3) is 3.71. The second-order valence-corrected chi connectivity index (χ2v) is 4.74. The molecule has 0 radical (unpaired) electrons. The van der Waals surface area contributed by atoms with Crippen LogP contribution < -0.4 is 5.32 Å². The fourth-order valence-corrected chi connectivity index (χ4v) is 1.88. The topological polar surface area (TPSA) is 75.6 Å². The summed E-state index contributed by atoms with van der Waals surface area (Å²) in [6.45, 7) is 1.66. The third-order valence-corrected chi connectivity index (χ3v) is 3.16. The predicted octanol–water partition coefficient (Wildman–Crippen LogP) is 2.14. The minimum atomic E-state index is -0.977. The number of anilines is 1. The van der Waals surface area contributed by atoms with E-state index >= 15 is 0 Å². The van der Waals surface area contributed by atoms with Gasteiger partial charge in [-0.3, -0.25) is 4.79 Å². The SMILES string of the molecule is CC(OC(=O)c1ccccc1NCC(=O)O)C1CC1. The van der Waals surface area contributed by atoms with E-state index in [9.17, 15) is 9.59 Å². The molecular weight excluding hydrogens is 246 g/mol. The maximum atomic E-state index is 12.0. The van der Waals surface area contributed by atoms with E-state index in [1.165, 1.54) is 0 Å². The number of hydrogen-bond donors (Lipinski definition) is 2. The Hall–Kier alpha value is -2.04. The molecule has 1 aliphatic rings. The van der Waals surface area contributed by atoms with E-state index in [4.69, 9.17) is 9.84 Å². The molecular formula is C14H17NO4. The van der Waals surface area contributed by atoms with Gasteiger partial charge in [0.05, 0.1) is 5.56 Å². The van der Waals surface area contributed by atoms with Gasteiger partial charge in [0, 0.05) is 5.69 Å². The van der Waals surface area contributed by atoms with Crippen LogP contribution >= 0.6 is 0 Å². The summed E-state index contributed by atoms with van der Waals surface area (Å²) >= 11 is 0. The van der Waals surface area contributed by atoms with Gasteiger partial charge in [0.2, 0.25) is 0 Å². The number of carbonyl (C=O) groups is 2. The highest BCUT2D eigenvalue weighted by Gasteiger charge is 2.31. The van der Waals surface area contributed by atoms with Gasteiger partial charge in [-0.1, -0.05) is 12.1 Å². The number of ether oxygens (including phenoxy) is 1. The fourth-order valence-electron chi connectivity index (χ4n) is 1.88. The zero-order valence-electron chi connectivity index (χ0n) is 10.8. The van der Waals surface area contributed by atoms with Crippen molar-refractivity contribution in [1.82, 2.24) is 0 Å². The number of carbonyl (C=O) groups excluding carboxylic acids is 1. The Labute approximate surface area is 111 Å². The number of carboxylic acid groups (broad SMARTS) is 1. The second kappa shape index (κ2) is 5.73. The highest BCUT2D eigenvalue weighted by molar-refractivity contribution is 5.96. The second-order valence-electron chi connectivity index (χ2n) is 4.74. The number of carboxylic acids is 1. The summed E-state index contributed by atoms with van der Waals surface area (Å²) < 4.78 is 5.38. The number of benzene rings is 1. The molecule has 102 valence electrons. The van der Waals surface area contributed by atoms with E-state index in [0.29, 0.717) is 17.2 Å². The van der Waals surface area contributed by atoms with Gasteiger partial charge < -0.3 is 15.2 Å². The van der Waals surface area contributed by atoms with Gasteiger partial charge in [-0.2, -0.15) is 0 Å².